The number of rotatable bonds is 1. The Morgan fingerprint density at radius 2 is 1.95 bits per heavy atom. The fourth-order valence-electron chi connectivity index (χ4n) is 2.01. The van der Waals surface area contributed by atoms with Gasteiger partial charge in [-0.1, -0.05) is 6.07 Å². The third-order valence-electron chi connectivity index (χ3n) is 2.87. The highest BCUT2D eigenvalue weighted by Crippen LogP contribution is 2.36. The standard InChI is InChI=1S/C13H7F3IN3/c14-13(15,16)9-4-5-18-7-8(9)12-19-11(17)10-3-1-2-6-20(10)12/h1-7H. The maximum Gasteiger partial charge on any atom is 0.417 e. The molecule has 0 saturated heterocycles. The zero-order valence-electron chi connectivity index (χ0n) is 9.89. The van der Waals surface area contributed by atoms with E-state index in [4.69, 9.17) is 0 Å². The first-order valence-corrected chi connectivity index (χ1v) is 6.70. The third-order valence-corrected chi connectivity index (χ3v) is 3.66. The Labute approximate surface area is 125 Å². The molecule has 0 unspecified atom stereocenters. The third kappa shape index (κ3) is 2.15. The number of hydrogen-bond acceptors (Lipinski definition) is 2. The number of alkyl halides is 3. The van der Waals surface area contributed by atoms with Crippen molar-refractivity contribution in [2.45, 2.75) is 6.18 Å². The molecule has 0 bridgehead atoms. The molecule has 0 saturated carbocycles. The van der Waals surface area contributed by atoms with Crippen LogP contribution in [0.5, 0.6) is 0 Å². The Kier molecular flexibility index (Phi) is 3.15. The normalized spacial score (nSPS) is 12.0. The first-order valence-electron chi connectivity index (χ1n) is 5.62. The van der Waals surface area contributed by atoms with Gasteiger partial charge in [-0.05, 0) is 40.8 Å². The number of hydrogen-bond donors (Lipinski definition) is 0. The van der Waals surface area contributed by atoms with E-state index in [0.717, 1.165) is 17.8 Å². The first-order chi connectivity index (χ1) is 9.48. The van der Waals surface area contributed by atoms with E-state index in [0.29, 0.717) is 3.70 Å². The lowest BCUT2D eigenvalue weighted by molar-refractivity contribution is -0.137. The van der Waals surface area contributed by atoms with E-state index in [1.807, 2.05) is 34.7 Å². The molecule has 3 aromatic rings. The molecule has 3 nitrogen and oxygen atoms in total. The zero-order chi connectivity index (χ0) is 14.3. The maximum atomic E-state index is 13.1. The highest BCUT2D eigenvalue weighted by atomic mass is 127. The van der Waals surface area contributed by atoms with Gasteiger partial charge in [-0.3, -0.25) is 9.38 Å². The molecule has 0 aliphatic heterocycles. The average molecular weight is 389 g/mol. The lowest BCUT2D eigenvalue weighted by Gasteiger charge is -2.11. The SMILES string of the molecule is FC(F)(F)c1ccncc1-c1nc(I)c2ccccn12. The van der Waals surface area contributed by atoms with Crippen LogP contribution in [0, 0.1) is 3.70 Å². The van der Waals surface area contributed by atoms with Crippen LogP contribution in [0.15, 0.2) is 42.9 Å². The maximum absolute atomic E-state index is 13.1. The second-order valence-electron chi connectivity index (χ2n) is 4.10. The van der Waals surface area contributed by atoms with E-state index < -0.39 is 11.7 Å². The van der Waals surface area contributed by atoms with E-state index in [9.17, 15) is 13.2 Å². The van der Waals surface area contributed by atoms with Gasteiger partial charge in [0.2, 0.25) is 0 Å². The minimum absolute atomic E-state index is 0.0240. The molecule has 3 heterocycles. The van der Waals surface area contributed by atoms with Crippen molar-refractivity contribution in [2.24, 2.45) is 0 Å². The van der Waals surface area contributed by atoms with E-state index >= 15 is 0 Å². The summed E-state index contributed by atoms with van der Waals surface area (Å²) in [7, 11) is 0. The van der Waals surface area contributed by atoms with Crippen molar-refractivity contribution in [1.29, 1.82) is 0 Å². The second-order valence-corrected chi connectivity index (χ2v) is 5.12. The topological polar surface area (TPSA) is 30.2 Å². The molecule has 0 spiro atoms. The van der Waals surface area contributed by atoms with Crippen LogP contribution >= 0.6 is 22.6 Å². The van der Waals surface area contributed by atoms with Gasteiger partial charge in [-0.25, -0.2) is 4.98 Å². The Morgan fingerprint density at radius 1 is 1.15 bits per heavy atom. The smallest absolute Gasteiger partial charge is 0.299 e. The second kappa shape index (κ2) is 4.72. The Bertz CT molecular complexity index is 780. The summed E-state index contributed by atoms with van der Waals surface area (Å²) in [6, 6.07) is 6.34. The van der Waals surface area contributed by atoms with Gasteiger partial charge >= 0.3 is 6.18 Å². The molecular weight excluding hydrogens is 382 g/mol. The van der Waals surface area contributed by atoms with Crippen LogP contribution in [-0.4, -0.2) is 14.4 Å². The van der Waals surface area contributed by atoms with Gasteiger partial charge in [0.25, 0.3) is 0 Å². The molecule has 0 atom stereocenters. The van der Waals surface area contributed by atoms with Crippen LogP contribution in [0.3, 0.4) is 0 Å². The van der Waals surface area contributed by atoms with Crippen molar-refractivity contribution in [1.82, 2.24) is 14.4 Å². The number of imidazole rings is 1. The average Bonchev–Trinajstić information content (AvgIpc) is 2.76. The summed E-state index contributed by atoms with van der Waals surface area (Å²) < 4.78 is 41.5. The predicted molar refractivity (Wildman–Crippen MR) is 76.1 cm³/mol. The Hall–Kier alpha value is -1.64. The molecule has 7 heteroatoms. The molecule has 0 aromatic carbocycles. The summed E-state index contributed by atoms with van der Waals surface area (Å²) in [6.07, 6.45) is -0.426. The number of nitrogens with zero attached hydrogens (tertiary/aromatic N) is 3. The summed E-state index contributed by atoms with van der Waals surface area (Å²) in [5.41, 5.74) is 0.00356. The summed E-state index contributed by atoms with van der Waals surface area (Å²) in [4.78, 5) is 8.04. The molecule has 0 radical (unpaired) electrons. The largest absolute Gasteiger partial charge is 0.417 e. The van der Waals surface area contributed by atoms with E-state index in [1.54, 1.807) is 16.7 Å². The predicted octanol–water partition coefficient (Wildman–Crippen LogP) is 4.02. The fraction of sp³-hybridized carbons (Fsp3) is 0.0769. The molecule has 20 heavy (non-hydrogen) atoms. The number of fused-ring (bicyclic) bond motifs is 1. The number of halogens is 4. The monoisotopic (exact) mass is 389 g/mol. The molecule has 0 fully saturated rings. The fourth-order valence-corrected chi connectivity index (χ4v) is 2.68. The van der Waals surface area contributed by atoms with Crippen LogP contribution in [0.25, 0.3) is 16.9 Å². The van der Waals surface area contributed by atoms with Gasteiger partial charge < -0.3 is 0 Å². The van der Waals surface area contributed by atoms with Crippen molar-refractivity contribution in [3.05, 3.63) is 52.1 Å². The zero-order valence-corrected chi connectivity index (χ0v) is 12.1. The van der Waals surface area contributed by atoms with Gasteiger partial charge in [0.05, 0.1) is 11.1 Å². The van der Waals surface area contributed by atoms with Crippen LogP contribution < -0.4 is 0 Å². The lowest BCUT2D eigenvalue weighted by atomic mass is 10.1. The molecule has 0 aliphatic rings. The molecule has 0 N–H and O–H groups in total. The van der Waals surface area contributed by atoms with Crippen LogP contribution in [0.2, 0.25) is 0 Å². The highest BCUT2D eigenvalue weighted by molar-refractivity contribution is 14.1. The minimum atomic E-state index is -4.44. The van der Waals surface area contributed by atoms with Crippen molar-refractivity contribution < 1.29 is 13.2 Å². The van der Waals surface area contributed by atoms with E-state index in [2.05, 4.69) is 9.97 Å². The molecule has 3 aromatic heterocycles. The van der Waals surface area contributed by atoms with E-state index in [1.165, 1.54) is 6.20 Å². The minimum Gasteiger partial charge on any atom is -0.299 e. The van der Waals surface area contributed by atoms with Gasteiger partial charge in [-0.15, -0.1) is 0 Å². The summed E-state index contributed by atoms with van der Waals surface area (Å²) >= 11 is 2.00. The first kappa shape index (κ1) is 13.3. The van der Waals surface area contributed by atoms with Crippen LogP contribution in [0.1, 0.15) is 5.56 Å². The quantitative estimate of drug-likeness (QED) is 0.589. The van der Waals surface area contributed by atoms with Crippen molar-refractivity contribution >= 4 is 28.1 Å². The van der Waals surface area contributed by atoms with Gasteiger partial charge in [0.15, 0.2) is 0 Å². The summed E-state index contributed by atoms with van der Waals surface area (Å²) in [6.45, 7) is 0. The Morgan fingerprint density at radius 3 is 2.70 bits per heavy atom. The molecular formula is C13H7F3IN3. The lowest BCUT2D eigenvalue weighted by Crippen LogP contribution is -2.08. The Balaban J connectivity index is 2.33. The van der Waals surface area contributed by atoms with Crippen molar-refractivity contribution in [2.75, 3.05) is 0 Å². The number of pyridine rings is 2. The summed E-state index contributed by atoms with van der Waals surface area (Å²) in [5, 5.41) is 0. The molecule has 0 amide bonds. The summed E-state index contributed by atoms with van der Waals surface area (Å²) in [5.74, 6) is 0.241. The van der Waals surface area contributed by atoms with Crippen LogP contribution in [-0.2, 0) is 6.18 Å². The van der Waals surface area contributed by atoms with Gasteiger partial charge in [0, 0.05) is 24.2 Å². The van der Waals surface area contributed by atoms with Gasteiger partial charge in [-0.2, -0.15) is 13.2 Å². The van der Waals surface area contributed by atoms with E-state index in [-0.39, 0.29) is 11.4 Å². The van der Waals surface area contributed by atoms with Gasteiger partial charge in [0.1, 0.15) is 9.53 Å². The highest BCUT2D eigenvalue weighted by Gasteiger charge is 2.34. The van der Waals surface area contributed by atoms with Crippen LogP contribution in [0.4, 0.5) is 13.2 Å². The number of aromatic nitrogens is 3. The van der Waals surface area contributed by atoms with Crippen molar-refractivity contribution in [3.8, 4) is 11.4 Å². The molecule has 0 aliphatic carbocycles. The van der Waals surface area contributed by atoms with Crippen molar-refractivity contribution in [3.63, 3.8) is 0 Å². The molecule has 102 valence electrons. The molecule has 3 rings (SSSR count).